The lowest BCUT2D eigenvalue weighted by molar-refractivity contribution is -0.130. The van der Waals surface area contributed by atoms with E-state index in [1.807, 2.05) is 11.9 Å². The number of likely N-dealkylation sites (tertiary alicyclic amines) is 1. The van der Waals surface area contributed by atoms with Crippen molar-refractivity contribution in [3.8, 4) is 0 Å². The molecule has 1 rings (SSSR count). The summed E-state index contributed by atoms with van der Waals surface area (Å²) in [5.41, 5.74) is 0. The molecule has 0 spiro atoms. The normalized spacial score (nSPS) is 23.2. The van der Waals surface area contributed by atoms with E-state index in [9.17, 15) is 4.79 Å². The zero-order chi connectivity index (χ0) is 9.68. The summed E-state index contributed by atoms with van der Waals surface area (Å²) in [5.74, 6) is 1.14. The van der Waals surface area contributed by atoms with Crippen molar-refractivity contribution in [2.24, 2.45) is 5.92 Å². The first-order chi connectivity index (χ1) is 6.27. The van der Waals surface area contributed by atoms with Gasteiger partial charge in [-0.05, 0) is 32.4 Å². The van der Waals surface area contributed by atoms with Gasteiger partial charge in [-0.1, -0.05) is 0 Å². The van der Waals surface area contributed by atoms with E-state index in [-0.39, 0.29) is 5.91 Å². The van der Waals surface area contributed by atoms with E-state index in [0.717, 1.165) is 26.1 Å². The summed E-state index contributed by atoms with van der Waals surface area (Å²) in [4.78, 5) is 13.3. The molecule has 0 aromatic carbocycles. The van der Waals surface area contributed by atoms with Crippen LogP contribution in [0.5, 0.6) is 0 Å². The van der Waals surface area contributed by atoms with Gasteiger partial charge in [-0.2, -0.15) is 12.6 Å². The van der Waals surface area contributed by atoms with E-state index >= 15 is 0 Å². The summed E-state index contributed by atoms with van der Waals surface area (Å²) in [6.07, 6.45) is 2.36. The molecular formula is C9H18N2OS. The maximum Gasteiger partial charge on any atom is 0.232 e. The average Bonchev–Trinajstić information content (AvgIpc) is 2.18. The molecule has 1 aliphatic rings. The fourth-order valence-electron chi connectivity index (χ4n) is 1.85. The highest BCUT2D eigenvalue weighted by molar-refractivity contribution is 7.81. The Morgan fingerprint density at radius 3 is 3.08 bits per heavy atom. The molecule has 0 aromatic heterocycles. The van der Waals surface area contributed by atoms with E-state index in [1.165, 1.54) is 6.42 Å². The van der Waals surface area contributed by atoms with Gasteiger partial charge < -0.3 is 10.2 Å². The highest BCUT2D eigenvalue weighted by Crippen LogP contribution is 2.15. The third-order valence-electron chi connectivity index (χ3n) is 2.50. The number of piperidine rings is 1. The van der Waals surface area contributed by atoms with E-state index in [1.54, 1.807) is 0 Å². The Bertz CT molecular complexity index is 173. The molecule has 0 aromatic rings. The Morgan fingerprint density at radius 2 is 2.46 bits per heavy atom. The van der Waals surface area contributed by atoms with Crippen molar-refractivity contribution in [2.75, 3.05) is 32.4 Å². The smallest absolute Gasteiger partial charge is 0.232 e. The van der Waals surface area contributed by atoms with Gasteiger partial charge in [-0.3, -0.25) is 4.79 Å². The van der Waals surface area contributed by atoms with Crippen LogP contribution in [0.3, 0.4) is 0 Å². The topological polar surface area (TPSA) is 32.3 Å². The molecule has 0 aliphatic carbocycles. The van der Waals surface area contributed by atoms with Crippen LogP contribution in [0.1, 0.15) is 12.8 Å². The van der Waals surface area contributed by atoms with Crippen LogP contribution in [0.4, 0.5) is 0 Å². The molecule has 1 N–H and O–H groups in total. The van der Waals surface area contributed by atoms with Gasteiger partial charge >= 0.3 is 0 Å². The Hall–Kier alpha value is -0.220. The number of hydrogen-bond donors (Lipinski definition) is 2. The minimum Gasteiger partial charge on any atom is -0.342 e. The van der Waals surface area contributed by atoms with Crippen molar-refractivity contribution >= 4 is 18.5 Å². The van der Waals surface area contributed by atoms with Crippen LogP contribution < -0.4 is 5.32 Å². The Balaban J connectivity index is 2.37. The lowest BCUT2D eigenvalue weighted by atomic mass is 9.98. The van der Waals surface area contributed by atoms with Gasteiger partial charge in [0.05, 0.1) is 5.75 Å². The molecule has 1 heterocycles. The second-order valence-electron chi connectivity index (χ2n) is 3.56. The second-order valence-corrected chi connectivity index (χ2v) is 3.88. The van der Waals surface area contributed by atoms with E-state index in [4.69, 9.17) is 0 Å². The molecule has 1 atom stereocenters. The fraction of sp³-hybridized carbons (Fsp3) is 0.889. The number of nitrogens with zero attached hydrogens (tertiary/aromatic N) is 1. The van der Waals surface area contributed by atoms with Crippen LogP contribution in [0.2, 0.25) is 0 Å². The largest absolute Gasteiger partial charge is 0.342 e. The minimum atomic E-state index is 0.170. The maximum atomic E-state index is 11.3. The molecule has 1 aliphatic heterocycles. The molecule has 0 bridgehead atoms. The number of thiol groups is 1. The number of nitrogens with one attached hydrogen (secondary N) is 1. The van der Waals surface area contributed by atoms with Crippen molar-refractivity contribution in [1.29, 1.82) is 0 Å². The molecule has 1 amide bonds. The van der Waals surface area contributed by atoms with Gasteiger partial charge in [-0.25, -0.2) is 0 Å². The lowest BCUT2D eigenvalue weighted by Crippen LogP contribution is -2.43. The number of rotatable bonds is 3. The van der Waals surface area contributed by atoms with Crippen LogP contribution in [0.25, 0.3) is 0 Å². The Kier molecular flexibility index (Phi) is 4.59. The lowest BCUT2D eigenvalue weighted by Gasteiger charge is -2.32. The number of carbonyl (C=O) groups is 1. The second kappa shape index (κ2) is 5.50. The van der Waals surface area contributed by atoms with Crippen molar-refractivity contribution in [2.45, 2.75) is 12.8 Å². The molecule has 3 nitrogen and oxygen atoms in total. The first-order valence-electron chi connectivity index (χ1n) is 4.81. The average molecular weight is 202 g/mol. The molecule has 1 saturated heterocycles. The predicted octanol–water partition coefficient (Wildman–Crippen LogP) is 0.374. The van der Waals surface area contributed by atoms with E-state index < -0.39 is 0 Å². The molecule has 76 valence electrons. The van der Waals surface area contributed by atoms with Gasteiger partial charge in [0, 0.05) is 13.1 Å². The number of amides is 1. The van der Waals surface area contributed by atoms with Crippen molar-refractivity contribution in [3.05, 3.63) is 0 Å². The number of hydrogen-bond acceptors (Lipinski definition) is 3. The third kappa shape index (κ3) is 3.19. The van der Waals surface area contributed by atoms with Gasteiger partial charge in [0.1, 0.15) is 0 Å². The molecule has 0 radical (unpaired) electrons. The molecule has 0 saturated carbocycles. The zero-order valence-electron chi connectivity index (χ0n) is 8.12. The minimum absolute atomic E-state index is 0.170. The molecule has 1 fully saturated rings. The predicted molar refractivity (Wildman–Crippen MR) is 57.1 cm³/mol. The van der Waals surface area contributed by atoms with Crippen LogP contribution in [0, 0.1) is 5.92 Å². The first kappa shape index (κ1) is 10.9. The van der Waals surface area contributed by atoms with Gasteiger partial charge in [0.15, 0.2) is 0 Å². The Morgan fingerprint density at radius 1 is 1.69 bits per heavy atom. The highest BCUT2D eigenvalue weighted by atomic mass is 32.1. The summed E-state index contributed by atoms with van der Waals surface area (Å²) in [6.45, 7) is 2.83. The van der Waals surface area contributed by atoms with Crippen molar-refractivity contribution < 1.29 is 4.79 Å². The van der Waals surface area contributed by atoms with Gasteiger partial charge in [0.25, 0.3) is 0 Å². The third-order valence-corrected chi connectivity index (χ3v) is 2.77. The highest BCUT2D eigenvalue weighted by Gasteiger charge is 2.21. The number of carbonyl (C=O) groups excluding carboxylic acids is 1. The molecule has 13 heavy (non-hydrogen) atoms. The van der Waals surface area contributed by atoms with Gasteiger partial charge in [0.2, 0.25) is 5.91 Å². The Labute approximate surface area is 85.3 Å². The maximum absolute atomic E-state index is 11.3. The summed E-state index contributed by atoms with van der Waals surface area (Å²) in [5, 5.41) is 3.16. The first-order valence-corrected chi connectivity index (χ1v) is 5.44. The molecule has 1 unspecified atom stereocenters. The van der Waals surface area contributed by atoms with E-state index in [2.05, 4.69) is 17.9 Å². The standard InChI is InChI=1S/C9H18N2OS/c1-10-5-8-3-2-4-11(6-8)9(12)7-13/h8,10,13H,2-7H2,1H3. The van der Waals surface area contributed by atoms with Crippen LogP contribution >= 0.6 is 12.6 Å². The summed E-state index contributed by atoms with van der Waals surface area (Å²) in [6, 6.07) is 0. The quantitative estimate of drug-likeness (QED) is 0.648. The zero-order valence-corrected chi connectivity index (χ0v) is 9.02. The van der Waals surface area contributed by atoms with Crippen LogP contribution in [0.15, 0.2) is 0 Å². The van der Waals surface area contributed by atoms with Crippen LogP contribution in [-0.2, 0) is 4.79 Å². The summed E-state index contributed by atoms with van der Waals surface area (Å²) < 4.78 is 0. The van der Waals surface area contributed by atoms with Gasteiger partial charge in [-0.15, -0.1) is 0 Å². The molecule has 4 heteroatoms. The van der Waals surface area contributed by atoms with Crippen molar-refractivity contribution in [3.63, 3.8) is 0 Å². The monoisotopic (exact) mass is 202 g/mol. The summed E-state index contributed by atoms with van der Waals surface area (Å²) in [7, 11) is 1.96. The van der Waals surface area contributed by atoms with Crippen molar-refractivity contribution in [1.82, 2.24) is 10.2 Å². The van der Waals surface area contributed by atoms with E-state index in [0.29, 0.717) is 11.7 Å². The SMILES string of the molecule is CNCC1CCCN(C(=O)CS)C1. The molecular weight excluding hydrogens is 184 g/mol. The summed E-state index contributed by atoms with van der Waals surface area (Å²) >= 11 is 4.00. The fourth-order valence-corrected chi connectivity index (χ4v) is 2.05. The van der Waals surface area contributed by atoms with Crippen LogP contribution in [-0.4, -0.2) is 43.2 Å².